The summed E-state index contributed by atoms with van der Waals surface area (Å²) in [6.07, 6.45) is 0.750. The first-order valence-electron chi connectivity index (χ1n) is 10.4. The van der Waals surface area contributed by atoms with Gasteiger partial charge < -0.3 is 20.0 Å². The predicted octanol–water partition coefficient (Wildman–Crippen LogP) is 3.55. The lowest BCUT2D eigenvalue weighted by molar-refractivity contribution is -0.117. The first-order valence-corrected chi connectivity index (χ1v) is 10.4. The number of aromatic nitrogens is 2. The van der Waals surface area contributed by atoms with Crippen molar-refractivity contribution < 1.29 is 18.9 Å². The number of anilines is 1. The normalized spacial score (nSPS) is 11.7. The molecule has 174 valence electrons. The van der Waals surface area contributed by atoms with Crippen molar-refractivity contribution in [1.82, 2.24) is 20.4 Å². The first-order chi connectivity index (χ1) is 16.3. The minimum Gasteiger partial charge on any atom is -0.388 e. The van der Waals surface area contributed by atoms with Gasteiger partial charge >= 0.3 is 0 Å². The van der Waals surface area contributed by atoms with Gasteiger partial charge in [0.2, 0.25) is 0 Å². The van der Waals surface area contributed by atoms with Crippen LogP contribution in [0.25, 0.3) is 16.8 Å². The van der Waals surface area contributed by atoms with E-state index in [-0.39, 0.29) is 29.7 Å². The van der Waals surface area contributed by atoms with E-state index in [9.17, 15) is 9.59 Å². The molecule has 9 heteroatoms. The van der Waals surface area contributed by atoms with Crippen molar-refractivity contribution in [2.45, 2.75) is 20.4 Å². The van der Waals surface area contributed by atoms with Crippen molar-refractivity contribution in [3.8, 4) is 11.1 Å². The highest BCUT2D eigenvalue weighted by Crippen LogP contribution is 2.34. The Morgan fingerprint density at radius 1 is 1.15 bits per heavy atom. The van der Waals surface area contributed by atoms with Crippen molar-refractivity contribution in [2.24, 2.45) is 0 Å². The van der Waals surface area contributed by atoms with Gasteiger partial charge in [0.25, 0.3) is 17.7 Å². The highest BCUT2D eigenvalue weighted by atomic mass is 16.5. The van der Waals surface area contributed by atoms with Crippen molar-refractivity contribution in [1.29, 1.82) is 0 Å². The van der Waals surface area contributed by atoms with Gasteiger partial charge in [-0.3, -0.25) is 14.5 Å². The molecular formula is C25H25N5O4. The van der Waals surface area contributed by atoms with Crippen LogP contribution in [0.1, 0.15) is 34.6 Å². The van der Waals surface area contributed by atoms with Gasteiger partial charge in [-0.2, -0.15) is 4.98 Å². The van der Waals surface area contributed by atoms with Crippen LogP contribution in [-0.4, -0.2) is 40.2 Å². The van der Waals surface area contributed by atoms with Crippen LogP contribution < -0.4 is 10.6 Å². The lowest BCUT2D eigenvalue weighted by Crippen LogP contribution is -2.34. The molecule has 0 aliphatic carbocycles. The fourth-order valence-corrected chi connectivity index (χ4v) is 3.44. The Balaban J connectivity index is 0.00000103. The number of nitrogens with zero attached hydrogens (tertiary/aromatic N) is 3. The molecule has 1 aliphatic rings. The maximum atomic E-state index is 13.0. The quantitative estimate of drug-likeness (QED) is 0.428. The Kier molecular flexibility index (Phi) is 7.37. The summed E-state index contributed by atoms with van der Waals surface area (Å²) < 4.78 is 5.00. The predicted molar refractivity (Wildman–Crippen MR) is 128 cm³/mol. The van der Waals surface area contributed by atoms with Gasteiger partial charge in [-0.25, -0.2) is 0 Å². The van der Waals surface area contributed by atoms with Crippen LogP contribution in [-0.2, 0) is 16.1 Å². The zero-order valence-electron chi connectivity index (χ0n) is 19.2. The molecule has 1 aliphatic heterocycles. The Bertz CT molecular complexity index is 1260. The second kappa shape index (κ2) is 10.4. The average Bonchev–Trinajstić information content (AvgIpc) is 3.42. The number of rotatable bonds is 6. The average molecular weight is 460 g/mol. The number of amides is 2. The third-order valence-electron chi connectivity index (χ3n) is 5.09. The Labute approximate surface area is 197 Å². The van der Waals surface area contributed by atoms with Crippen LogP contribution in [0.4, 0.5) is 5.69 Å². The second-order valence-electron chi connectivity index (χ2n) is 7.31. The van der Waals surface area contributed by atoms with Gasteiger partial charge in [0.1, 0.15) is 12.0 Å². The number of carbonyl (C=O) groups is 3. The maximum absolute atomic E-state index is 13.0. The fourth-order valence-electron chi connectivity index (χ4n) is 3.44. The molecule has 2 aromatic carbocycles. The molecule has 3 aromatic rings. The molecule has 0 unspecified atom stereocenters. The van der Waals surface area contributed by atoms with E-state index in [4.69, 9.17) is 9.32 Å². The molecule has 0 fully saturated rings. The van der Waals surface area contributed by atoms with Crippen molar-refractivity contribution >= 4 is 29.5 Å². The van der Waals surface area contributed by atoms with E-state index in [1.165, 1.54) is 11.8 Å². The van der Waals surface area contributed by atoms with E-state index in [1.54, 1.807) is 13.0 Å². The number of fused-ring (bicyclic) bond motifs is 1. The smallest absolute Gasteiger partial charge is 0.273 e. The molecule has 34 heavy (non-hydrogen) atoms. The molecule has 0 atom stereocenters. The molecule has 0 bridgehead atoms. The zero-order valence-corrected chi connectivity index (χ0v) is 19.2. The minimum absolute atomic E-state index is 0.00932. The lowest BCUT2D eigenvalue weighted by Gasteiger charge is -2.18. The topological polar surface area (TPSA) is 117 Å². The second-order valence-corrected chi connectivity index (χ2v) is 7.31. The summed E-state index contributed by atoms with van der Waals surface area (Å²) in [6.45, 7) is 10.9. The van der Waals surface area contributed by atoms with Gasteiger partial charge in [0, 0.05) is 18.3 Å². The van der Waals surface area contributed by atoms with Crippen LogP contribution in [0.3, 0.4) is 0 Å². The lowest BCUT2D eigenvalue weighted by atomic mass is 9.97. The molecule has 1 aromatic heterocycles. The summed E-state index contributed by atoms with van der Waals surface area (Å²) in [5.41, 5.74) is 4.48. The van der Waals surface area contributed by atoms with E-state index in [1.807, 2.05) is 43.4 Å². The Hall–Kier alpha value is -4.53. The van der Waals surface area contributed by atoms with Gasteiger partial charge in [-0.1, -0.05) is 42.6 Å². The van der Waals surface area contributed by atoms with Gasteiger partial charge in [-0.05, 0) is 48.7 Å². The summed E-state index contributed by atoms with van der Waals surface area (Å²) in [4.78, 5) is 39.9. The van der Waals surface area contributed by atoms with Gasteiger partial charge in [0.15, 0.2) is 5.82 Å². The van der Waals surface area contributed by atoms with Crippen molar-refractivity contribution in [3.63, 3.8) is 0 Å². The fraction of sp³-hybridized carbons (Fsp3) is 0.160. The number of benzene rings is 2. The molecule has 0 saturated heterocycles. The number of carbonyl (C=O) groups excluding carboxylic acids is 3. The summed E-state index contributed by atoms with van der Waals surface area (Å²) in [6, 6.07) is 13.5. The maximum Gasteiger partial charge on any atom is 0.273 e. The largest absolute Gasteiger partial charge is 0.388 e. The summed E-state index contributed by atoms with van der Waals surface area (Å²) in [5, 5.41) is 9.32. The number of aldehydes is 1. The SMILES string of the molecule is C=C(NC(=O)C(=C)N1Cc2c(cccc2-c2ccc(NC)cc2)C1=O)c1nc(C)no1.CC=O. The van der Waals surface area contributed by atoms with Crippen LogP contribution in [0.15, 0.2) is 65.8 Å². The van der Waals surface area contributed by atoms with Gasteiger partial charge in [-0.15, -0.1) is 0 Å². The number of hydrogen-bond acceptors (Lipinski definition) is 7. The molecule has 4 rings (SSSR count). The number of hydrogen-bond donors (Lipinski definition) is 2. The monoisotopic (exact) mass is 459 g/mol. The first kappa shape index (κ1) is 24.1. The highest BCUT2D eigenvalue weighted by molar-refractivity contribution is 6.07. The third-order valence-corrected chi connectivity index (χ3v) is 5.09. The van der Waals surface area contributed by atoms with E-state index in [0.29, 0.717) is 11.4 Å². The number of nitrogens with one attached hydrogen (secondary N) is 2. The summed E-state index contributed by atoms with van der Waals surface area (Å²) in [5.74, 6) is -0.323. The minimum atomic E-state index is -0.568. The highest BCUT2D eigenvalue weighted by Gasteiger charge is 2.33. The van der Waals surface area contributed by atoms with Crippen LogP contribution >= 0.6 is 0 Å². The van der Waals surface area contributed by atoms with Gasteiger partial charge in [0.05, 0.1) is 12.2 Å². The zero-order chi connectivity index (χ0) is 24.8. The van der Waals surface area contributed by atoms with Crippen LogP contribution in [0.5, 0.6) is 0 Å². The van der Waals surface area contributed by atoms with E-state index in [0.717, 1.165) is 28.7 Å². The molecule has 0 spiro atoms. The molecule has 0 saturated carbocycles. The summed E-state index contributed by atoms with van der Waals surface area (Å²) in [7, 11) is 1.86. The third kappa shape index (κ3) is 4.93. The standard InChI is InChI=1S/C23H21N5O3.C2H4O/c1-13(22-26-15(3)27-31-22)25-21(29)14(2)28-12-20-18(6-5-7-19(20)23(28)30)16-8-10-17(24-4)11-9-16;1-2-3/h5-11,24H,1-2,12H2,3-4H3,(H,25,29);2H,1H3. The molecule has 2 N–H and O–H groups in total. The van der Waals surface area contributed by atoms with Crippen molar-refractivity contribution in [2.75, 3.05) is 12.4 Å². The Morgan fingerprint density at radius 3 is 2.38 bits per heavy atom. The molecular weight excluding hydrogens is 434 g/mol. The van der Waals surface area contributed by atoms with Crippen molar-refractivity contribution in [3.05, 3.63) is 84.2 Å². The summed E-state index contributed by atoms with van der Waals surface area (Å²) >= 11 is 0. The molecule has 9 nitrogen and oxygen atoms in total. The van der Waals surface area contributed by atoms with E-state index >= 15 is 0 Å². The number of aryl methyl sites for hydroxylation is 1. The van der Waals surface area contributed by atoms with Crippen LogP contribution in [0.2, 0.25) is 0 Å². The molecule has 0 radical (unpaired) electrons. The molecule has 2 amide bonds. The Morgan fingerprint density at radius 2 is 1.79 bits per heavy atom. The molecule has 2 heterocycles. The van der Waals surface area contributed by atoms with E-state index < -0.39 is 5.91 Å². The van der Waals surface area contributed by atoms with Crippen LogP contribution in [0, 0.1) is 6.92 Å². The van der Waals surface area contributed by atoms with E-state index in [2.05, 4.69) is 33.9 Å².